The van der Waals surface area contributed by atoms with Crippen LogP contribution in [-0.2, 0) is 9.53 Å². The lowest BCUT2D eigenvalue weighted by molar-refractivity contribution is -0.138. The number of ketones is 1. The normalized spacial score (nSPS) is 62.7. The van der Waals surface area contributed by atoms with Crippen LogP contribution in [0.15, 0.2) is 0 Å². The first-order chi connectivity index (χ1) is 10.4. The molecule has 122 valence electrons. The van der Waals surface area contributed by atoms with Gasteiger partial charge in [0.2, 0.25) is 0 Å². The zero-order chi connectivity index (χ0) is 15.3. The number of hydrogen-bond donors (Lipinski definition) is 1. The van der Waals surface area contributed by atoms with Crippen molar-refractivity contribution in [2.45, 2.75) is 83.0 Å². The van der Waals surface area contributed by atoms with Crippen molar-refractivity contribution < 1.29 is 14.6 Å². The van der Waals surface area contributed by atoms with Gasteiger partial charge in [-0.1, -0.05) is 13.8 Å². The van der Waals surface area contributed by atoms with E-state index >= 15 is 0 Å². The summed E-state index contributed by atoms with van der Waals surface area (Å²) in [5, 5.41) is 10.2. The Morgan fingerprint density at radius 1 is 1.14 bits per heavy atom. The van der Waals surface area contributed by atoms with Gasteiger partial charge >= 0.3 is 0 Å². The Bertz CT molecular complexity index is 545. The van der Waals surface area contributed by atoms with Crippen LogP contribution in [0.3, 0.4) is 0 Å². The van der Waals surface area contributed by atoms with Crippen LogP contribution < -0.4 is 0 Å². The largest absolute Gasteiger partial charge is 0.393 e. The molecule has 0 bridgehead atoms. The Hall–Kier alpha value is -0.410. The van der Waals surface area contributed by atoms with Gasteiger partial charge in [0.15, 0.2) is 0 Å². The maximum Gasteiger partial charge on any atom is 0.139 e. The second-order valence-electron chi connectivity index (χ2n) is 9.34. The van der Waals surface area contributed by atoms with Crippen molar-refractivity contribution in [1.82, 2.24) is 0 Å². The topological polar surface area (TPSA) is 49.8 Å². The summed E-state index contributed by atoms with van der Waals surface area (Å²) in [6.45, 7) is 4.68. The summed E-state index contributed by atoms with van der Waals surface area (Å²) >= 11 is 0. The van der Waals surface area contributed by atoms with E-state index in [1.807, 2.05) is 0 Å². The molecule has 1 N–H and O–H groups in total. The van der Waals surface area contributed by atoms with E-state index in [-0.39, 0.29) is 22.5 Å². The van der Waals surface area contributed by atoms with Gasteiger partial charge in [0, 0.05) is 23.7 Å². The molecule has 8 atom stereocenters. The van der Waals surface area contributed by atoms with Gasteiger partial charge in [0.25, 0.3) is 0 Å². The Morgan fingerprint density at radius 3 is 2.77 bits per heavy atom. The van der Waals surface area contributed by atoms with E-state index in [2.05, 4.69) is 13.8 Å². The molecule has 3 heteroatoms. The average Bonchev–Trinajstić information content (AvgIpc) is 3.08. The fourth-order valence-electron chi connectivity index (χ4n) is 7.43. The number of fused-ring (bicyclic) bond motifs is 4. The molecule has 1 spiro atoms. The predicted molar refractivity (Wildman–Crippen MR) is 82.2 cm³/mol. The van der Waals surface area contributed by atoms with Gasteiger partial charge in [0.05, 0.1) is 12.2 Å². The van der Waals surface area contributed by atoms with Gasteiger partial charge in [-0.2, -0.15) is 0 Å². The molecule has 1 heterocycles. The molecule has 0 aromatic heterocycles. The predicted octanol–water partition coefficient (Wildman–Crippen LogP) is 3.09. The number of aliphatic hydroxyl groups excluding tert-OH is 1. The van der Waals surface area contributed by atoms with Crippen molar-refractivity contribution in [1.29, 1.82) is 0 Å². The maximum absolute atomic E-state index is 12.4. The van der Waals surface area contributed by atoms with Gasteiger partial charge in [-0.3, -0.25) is 4.79 Å². The van der Waals surface area contributed by atoms with Gasteiger partial charge in [-0.05, 0) is 56.3 Å². The minimum atomic E-state index is -0.170. The first-order valence-electron chi connectivity index (χ1n) is 9.30. The molecule has 0 aromatic carbocycles. The molecule has 1 aliphatic heterocycles. The summed E-state index contributed by atoms with van der Waals surface area (Å²) in [5.74, 6) is 2.48. The van der Waals surface area contributed by atoms with E-state index in [1.165, 1.54) is 6.42 Å². The van der Waals surface area contributed by atoms with Crippen molar-refractivity contribution >= 4 is 5.78 Å². The van der Waals surface area contributed by atoms with Crippen LogP contribution in [-0.4, -0.2) is 28.7 Å². The second kappa shape index (κ2) is 3.97. The number of hydrogen-bond acceptors (Lipinski definition) is 3. The van der Waals surface area contributed by atoms with Crippen molar-refractivity contribution in [3.05, 3.63) is 0 Å². The molecule has 4 aliphatic carbocycles. The highest BCUT2D eigenvalue weighted by molar-refractivity contribution is 5.87. The highest BCUT2D eigenvalue weighted by Gasteiger charge is 2.76. The first-order valence-corrected chi connectivity index (χ1v) is 9.30. The van der Waals surface area contributed by atoms with Crippen molar-refractivity contribution in [2.75, 3.05) is 0 Å². The molecule has 0 radical (unpaired) electrons. The maximum atomic E-state index is 12.4. The summed E-state index contributed by atoms with van der Waals surface area (Å²) in [4.78, 5) is 12.4. The molecule has 22 heavy (non-hydrogen) atoms. The van der Waals surface area contributed by atoms with Crippen LogP contribution in [0, 0.1) is 28.6 Å². The van der Waals surface area contributed by atoms with Gasteiger partial charge in [-0.25, -0.2) is 0 Å². The van der Waals surface area contributed by atoms with Crippen LogP contribution in [0.5, 0.6) is 0 Å². The Kier molecular flexibility index (Phi) is 2.52. The third-order valence-corrected chi connectivity index (χ3v) is 8.77. The number of aliphatic hydroxyl groups is 1. The molecule has 0 aromatic rings. The van der Waals surface area contributed by atoms with Gasteiger partial charge < -0.3 is 9.84 Å². The van der Waals surface area contributed by atoms with Gasteiger partial charge in [-0.15, -0.1) is 0 Å². The molecule has 0 amide bonds. The highest BCUT2D eigenvalue weighted by Crippen LogP contribution is 2.72. The lowest BCUT2D eigenvalue weighted by Gasteiger charge is -2.58. The van der Waals surface area contributed by atoms with E-state index in [0.717, 1.165) is 44.9 Å². The molecule has 3 nitrogen and oxygen atoms in total. The Morgan fingerprint density at radius 2 is 1.95 bits per heavy atom. The minimum absolute atomic E-state index is 0.0256. The molecular formula is C19H28O3. The molecule has 5 aliphatic rings. The average molecular weight is 304 g/mol. The van der Waals surface area contributed by atoms with Crippen LogP contribution >= 0.6 is 0 Å². The van der Waals surface area contributed by atoms with Crippen molar-refractivity contribution in [3.8, 4) is 0 Å². The number of ether oxygens (including phenoxy) is 1. The number of carbonyl (C=O) groups is 1. The van der Waals surface area contributed by atoms with E-state index < -0.39 is 0 Å². The summed E-state index contributed by atoms with van der Waals surface area (Å²) in [6, 6.07) is 0. The number of epoxide rings is 1. The summed E-state index contributed by atoms with van der Waals surface area (Å²) in [7, 11) is 0. The zero-order valence-corrected chi connectivity index (χ0v) is 13.8. The van der Waals surface area contributed by atoms with Crippen LogP contribution in [0.1, 0.15) is 65.2 Å². The number of Topliss-reactive ketones (excluding diaryl/α,β-unsaturated/α-hetero) is 1. The lowest BCUT2D eigenvalue weighted by atomic mass is 9.45. The summed E-state index contributed by atoms with van der Waals surface area (Å²) in [5.41, 5.74) is 0.162. The first kappa shape index (κ1) is 14.0. The third-order valence-electron chi connectivity index (χ3n) is 8.77. The van der Waals surface area contributed by atoms with E-state index in [4.69, 9.17) is 4.74 Å². The molecule has 4 saturated carbocycles. The van der Waals surface area contributed by atoms with Crippen LogP contribution in [0.4, 0.5) is 0 Å². The Labute approximate surface area is 132 Å². The quantitative estimate of drug-likeness (QED) is 0.700. The second-order valence-corrected chi connectivity index (χ2v) is 9.34. The molecular weight excluding hydrogens is 276 g/mol. The minimum Gasteiger partial charge on any atom is -0.393 e. The Balaban J connectivity index is 1.53. The molecule has 0 unspecified atom stereocenters. The summed E-state index contributed by atoms with van der Waals surface area (Å²) in [6.07, 6.45) is 8.37. The zero-order valence-electron chi connectivity index (χ0n) is 13.8. The SMILES string of the molecule is C[C@]12CC[C@H]3[C@@H](C[C@H]4O[C@@]45C[C@@H](O)CC[C@]35C)[C@@H]1CCC2=O. The van der Waals surface area contributed by atoms with E-state index in [1.54, 1.807) is 0 Å². The summed E-state index contributed by atoms with van der Waals surface area (Å²) < 4.78 is 6.30. The number of rotatable bonds is 0. The van der Waals surface area contributed by atoms with Crippen molar-refractivity contribution in [3.63, 3.8) is 0 Å². The van der Waals surface area contributed by atoms with E-state index in [9.17, 15) is 9.90 Å². The standard InChI is InChI=1S/C19H28O3/c1-17-7-6-14-12(13(17)3-4-15(17)21)9-16-19(22-16)10-11(20)5-8-18(14,19)2/h11-14,16,20H,3-10H2,1-2H3/t11-,12-,13-,14-,16+,17-,18+,19-/m0/s1. The smallest absolute Gasteiger partial charge is 0.139 e. The number of carbonyl (C=O) groups excluding carboxylic acids is 1. The molecule has 5 rings (SSSR count). The van der Waals surface area contributed by atoms with Gasteiger partial charge in [0.1, 0.15) is 11.4 Å². The lowest BCUT2D eigenvalue weighted by Crippen LogP contribution is -2.58. The fourth-order valence-corrected chi connectivity index (χ4v) is 7.43. The fraction of sp³-hybridized carbons (Fsp3) is 0.947. The molecule has 1 saturated heterocycles. The van der Waals surface area contributed by atoms with E-state index in [0.29, 0.717) is 29.6 Å². The van der Waals surface area contributed by atoms with Crippen LogP contribution in [0.2, 0.25) is 0 Å². The monoisotopic (exact) mass is 304 g/mol. The third kappa shape index (κ3) is 1.40. The van der Waals surface area contributed by atoms with Crippen LogP contribution in [0.25, 0.3) is 0 Å². The molecule has 5 fully saturated rings. The highest BCUT2D eigenvalue weighted by atomic mass is 16.6. The van der Waals surface area contributed by atoms with Crippen molar-refractivity contribution in [2.24, 2.45) is 28.6 Å².